The van der Waals surface area contributed by atoms with E-state index in [1.807, 2.05) is 78.9 Å². The zero-order chi connectivity index (χ0) is 19.5. The van der Waals surface area contributed by atoms with Gasteiger partial charge in [0.15, 0.2) is 12.5 Å². The third-order valence-electron chi connectivity index (χ3n) is 4.61. The number of benzene rings is 3. The van der Waals surface area contributed by atoms with Gasteiger partial charge in [0.05, 0.1) is 23.6 Å². The van der Waals surface area contributed by atoms with Gasteiger partial charge in [-0.3, -0.25) is 4.79 Å². The van der Waals surface area contributed by atoms with Gasteiger partial charge in [0, 0.05) is 8.95 Å². The number of hydrazone groups is 1. The number of para-hydroxylation sites is 2. The molecule has 3 aromatic carbocycles. The first-order valence-electron chi connectivity index (χ1n) is 8.82. The van der Waals surface area contributed by atoms with Gasteiger partial charge in [-0.25, -0.2) is 5.01 Å². The summed E-state index contributed by atoms with van der Waals surface area (Å²) in [6, 6.07) is 25.8. The Balaban J connectivity index is 1.88. The molecular formula is C22H17Br2N3O. The third-order valence-corrected chi connectivity index (χ3v) is 5.95. The maximum Gasteiger partial charge on any atom is 0.180 e. The number of carbonyl (C=O) groups is 1. The van der Waals surface area contributed by atoms with Crippen LogP contribution in [0.3, 0.4) is 0 Å². The van der Waals surface area contributed by atoms with E-state index >= 15 is 0 Å². The molecule has 1 atom stereocenters. The monoisotopic (exact) mass is 497 g/mol. The zero-order valence-corrected chi connectivity index (χ0v) is 18.0. The van der Waals surface area contributed by atoms with E-state index in [4.69, 9.17) is 5.10 Å². The highest BCUT2D eigenvalue weighted by molar-refractivity contribution is 9.11. The van der Waals surface area contributed by atoms with Crippen LogP contribution >= 0.6 is 31.9 Å². The Bertz CT molecular complexity index is 1020. The molecule has 6 heteroatoms. The van der Waals surface area contributed by atoms with Crippen LogP contribution in [-0.2, 0) is 4.79 Å². The first-order valence-corrected chi connectivity index (χ1v) is 10.4. The van der Waals surface area contributed by atoms with E-state index in [-0.39, 0.29) is 0 Å². The summed E-state index contributed by atoms with van der Waals surface area (Å²) < 4.78 is 1.82. The van der Waals surface area contributed by atoms with Crippen LogP contribution in [0.5, 0.6) is 0 Å². The van der Waals surface area contributed by atoms with Crippen molar-refractivity contribution in [1.29, 1.82) is 0 Å². The van der Waals surface area contributed by atoms with Crippen LogP contribution in [0.15, 0.2) is 92.9 Å². The summed E-state index contributed by atoms with van der Waals surface area (Å²) in [7, 11) is 0. The number of hydrogen-bond acceptors (Lipinski definition) is 4. The van der Waals surface area contributed by atoms with Crippen LogP contribution in [-0.4, -0.2) is 24.7 Å². The minimum Gasteiger partial charge on any atom is -0.337 e. The molecule has 0 aliphatic carbocycles. The van der Waals surface area contributed by atoms with E-state index < -0.39 is 6.17 Å². The normalized spacial score (nSPS) is 16.6. The Morgan fingerprint density at radius 2 is 1.39 bits per heavy atom. The van der Waals surface area contributed by atoms with Crippen molar-refractivity contribution in [2.75, 3.05) is 16.5 Å². The number of rotatable bonds is 4. The largest absolute Gasteiger partial charge is 0.337 e. The van der Waals surface area contributed by atoms with Gasteiger partial charge in [-0.1, -0.05) is 54.6 Å². The van der Waals surface area contributed by atoms with Gasteiger partial charge in [0.25, 0.3) is 0 Å². The SMILES string of the molecule is O=CC1N(c2ccccc2Br)CC(c2ccccc2)=NN1c1ccccc1Br. The minimum absolute atomic E-state index is 0.525. The van der Waals surface area contributed by atoms with Crippen molar-refractivity contribution < 1.29 is 4.79 Å². The molecule has 0 N–H and O–H groups in total. The topological polar surface area (TPSA) is 35.9 Å². The molecule has 0 aromatic heterocycles. The number of carbonyl (C=O) groups excluding carboxylic acids is 1. The van der Waals surface area contributed by atoms with Gasteiger partial charge in [0.2, 0.25) is 0 Å². The summed E-state index contributed by atoms with van der Waals surface area (Å²) >= 11 is 7.23. The molecule has 0 bridgehead atoms. The predicted octanol–water partition coefficient (Wildman–Crippen LogP) is 5.47. The lowest BCUT2D eigenvalue weighted by Gasteiger charge is -2.41. The average Bonchev–Trinajstić information content (AvgIpc) is 2.74. The fourth-order valence-electron chi connectivity index (χ4n) is 3.26. The second-order valence-corrected chi connectivity index (χ2v) is 8.05. The molecule has 4 rings (SSSR count). The molecule has 0 amide bonds. The number of hydrogen-bond donors (Lipinski definition) is 0. The fourth-order valence-corrected chi connectivity index (χ4v) is 4.24. The molecule has 3 aromatic rings. The van der Waals surface area contributed by atoms with Crippen molar-refractivity contribution in [2.45, 2.75) is 6.17 Å². The van der Waals surface area contributed by atoms with E-state index in [1.165, 1.54) is 0 Å². The molecule has 1 aliphatic rings. The molecule has 0 saturated heterocycles. The number of aldehydes is 1. The first kappa shape index (κ1) is 18.9. The van der Waals surface area contributed by atoms with Gasteiger partial charge in [-0.2, -0.15) is 5.10 Å². The van der Waals surface area contributed by atoms with Gasteiger partial charge in [0.1, 0.15) is 0 Å². The molecule has 1 unspecified atom stereocenters. The van der Waals surface area contributed by atoms with Gasteiger partial charge < -0.3 is 4.90 Å². The van der Waals surface area contributed by atoms with Crippen molar-refractivity contribution >= 4 is 55.2 Å². The highest BCUT2D eigenvalue weighted by atomic mass is 79.9. The minimum atomic E-state index is -0.565. The maximum atomic E-state index is 12.2. The zero-order valence-electron chi connectivity index (χ0n) is 14.9. The van der Waals surface area contributed by atoms with Crippen LogP contribution in [0.25, 0.3) is 0 Å². The van der Waals surface area contributed by atoms with Gasteiger partial charge in [-0.05, 0) is 61.7 Å². The Kier molecular flexibility index (Phi) is 5.59. The van der Waals surface area contributed by atoms with Crippen molar-refractivity contribution in [3.63, 3.8) is 0 Å². The van der Waals surface area contributed by atoms with Crippen LogP contribution < -0.4 is 9.91 Å². The molecule has 4 nitrogen and oxygen atoms in total. The molecule has 0 saturated carbocycles. The second kappa shape index (κ2) is 8.29. The first-order chi connectivity index (χ1) is 13.7. The van der Waals surface area contributed by atoms with Crippen LogP contribution in [0.2, 0.25) is 0 Å². The lowest BCUT2D eigenvalue weighted by molar-refractivity contribution is -0.109. The fraction of sp³-hybridized carbons (Fsp3) is 0.0909. The maximum absolute atomic E-state index is 12.2. The molecule has 0 spiro atoms. The predicted molar refractivity (Wildman–Crippen MR) is 121 cm³/mol. The molecule has 1 heterocycles. The number of anilines is 2. The Hall–Kier alpha value is -2.44. The number of halogens is 2. The van der Waals surface area contributed by atoms with Gasteiger partial charge >= 0.3 is 0 Å². The van der Waals surface area contributed by atoms with Crippen LogP contribution in [0.4, 0.5) is 11.4 Å². The Morgan fingerprint density at radius 1 is 0.821 bits per heavy atom. The van der Waals surface area contributed by atoms with E-state index in [9.17, 15) is 4.79 Å². The highest BCUT2D eigenvalue weighted by Gasteiger charge is 2.33. The Morgan fingerprint density at radius 3 is 2.00 bits per heavy atom. The molecule has 1 aliphatic heterocycles. The lowest BCUT2D eigenvalue weighted by atomic mass is 10.1. The Labute approximate surface area is 180 Å². The van der Waals surface area contributed by atoms with E-state index in [0.717, 1.165) is 37.9 Å². The van der Waals surface area contributed by atoms with Crippen LogP contribution in [0, 0.1) is 0 Å². The van der Waals surface area contributed by atoms with Crippen LogP contribution in [0.1, 0.15) is 5.56 Å². The molecule has 0 fully saturated rings. The number of nitrogens with zero attached hydrogens (tertiary/aromatic N) is 3. The second-order valence-electron chi connectivity index (χ2n) is 6.34. The standard InChI is InChI=1S/C22H17Br2N3O/c23-17-10-4-6-12-20(17)26-14-19(16-8-2-1-3-9-16)25-27(22(26)15-28)21-13-7-5-11-18(21)24/h1-13,15,22H,14H2. The van der Waals surface area contributed by atoms with Crippen molar-refractivity contribution in [3.8, 4) is 0 Å². The smallest absolute Gasteiger partial charge is 0.180 e. The molecule has 140 valence electrons. The molecular weight excluding hydrogens is 482 g/mol. The van der Waals surface area contributed by atoms with E-state index in [0.29, 0.717) is 6.54 Å². The summed E-state index contributed by atoms with van der Waals surface area (Å²) in [4.78, 5) is 14.3. The quantitative estimate of drug-likeness (QED) is 0.447. The van der Waals surface area contributed by atoms with Crippen molar-refractivity contribution in [1.82, 2.24) is 0 Å². The van der Waals surface area contributed by atoms with Crippen molar-refractivity contribution in [2.24, 2.45) is 5.10 Å². The van der Waals surface area contributed by atoms with E-state index in [1.54, 1.807) is 5.01 Å². The van der Waals surface area contributed by atoms with Crippen molar-refractivity contribution in [3.05, 3.63) is 93.4 Å². The summed E-state index contributed by atoms with van der Waals surface area (Å²) in [5, 5.41) is 6.65. The summed E-state index contributed by atoms with van der Waals surface area (Å²) in [5.74, 6) is 0. The van der Waals surface area contributed by atoms with Gasteiger partial charge in [-0.15, -0.1) is 0 Å². The summed E-state index contributed by atoms with van der Waals surface area (Å²) in [6.07, 6.45) is 0.370. The molecule has 0 radical (unpaired) electrons. The third kappa shape index (κ3) is 3.62. The summed E-state index contributed by atoms with van der Waals surface area (Å²) in [6.45, 7) is 0.525. The molecule has 28 heavy (non-hydrogen) atoms. The van der Waals surface area contributed by atoms with E-state index in [2.05, 4.69) is 36.8 Å². The lowest BCUT2D eigenvalue weighted by Crippen LogP contribution is -2.54. The average molecular weight is 499 g/mol. The highest BCUT2D eigenvalue weighted by Crippen LogP contribution is 2.34. The summed E-state index contributed by atoms with van der Waals surface area (Å²) in [5.41, 5.74) is 3.70.